The van der Waals surface area contributed by atoms with Crippen molar-refractivity contribution in [1.82, 2.24) is 15.2 Å². The molecule has 3 rings (SSSR count). The molecule has 9 nitrogen and oxygen atoms in total. The van der Waals surface area contributed by atoms with Crippen molar-refractivity contribution < 1.29 is 19.1 Å². The van der Waals surface area contributed by atoms with Crippen LogP contribution in [0.1, 0.15) is 0 Å². The van der Waals surface area contributed by atoms with Gasteiger partial charge in [-0.3, -0.25) is 15.2 Å². The molecule has 134 valence electrons. The summed E-state index contributed by atoms with van der Waals surface area (Å²) >= 11 is 0. The number of rotatable bonds is 6. The van der Waals surface area contributed by atoms with Crippen molar-refractivity contribution in [2.45, 2.75) is 0 Å². The molecule has 1 heterocycles. The Bertz CT molecular complexity index is 929. The van der Waals surface area contributed by atoms with Crippen LogP contribution in [0.2, 0.25) is 0 Å². The number of benzene rings is 2. The maximum absolute atomic E-state index is 10.9. The smallest absolute Gasteiger partial charge is 0.270 e. The zero-order valence-corrected chi connectivity index (χ0v) is 14.3. The average molecular weight is 356 g/mol. The van der Waals surface area contributed by atoms with Crippen LogP contribution in [-0.4, -0.2) is 41.4 Å². The minimum absolute atomic E-state index is 0.0202. The van der Waals surface area contributed by atoms with Crippen LogP contribution in [0.25, 0.3) is 22.8 Å². The van der Waals surface area contributed by atoms with Crippen molar-refractivity contribution in [2.24, 2.45) is 0 Å². The number of aromatic nitrogens is 3. The van der Waals surface area contributed by atoms with E-state index in [0.29, 0.717) is 40.0 Å². The lowest BCUT2D eigenvalue weighted by Crippen LogP contribution is -1.96. The molecule has 0 fully saturated rings. The van der Waals surface area contributed by atoms with Gasteiger partial charge in [-0.2, -0.15) is 5.10 Å². The minimum atomic E-state index is -0.458. The molecular formula is C17H16N4O5. The highest BCUT2D eigenvalue weighted by atomic mass is 16.6. The van der Waals surface area contributed by atoms with Gasteiger partial charge in [-0.25, -0.2) is 4.98 Å². The first-order chi connectivity index (χ1) is 12.6. The van der Waals surface area contributed by atoms with Gasteiger partial charge in [0.15, 0.2) is 23.1 Å². The maximum atomic E-state index is 10.9. The van der Waals surface area contributed by atoms with Crippen LogP contribution in [0, 0.1) is 10.1 Å². The molecule has 1 N–H and O–H groups in total. The number of aromatic amines is 1. The maximum Gasteiger partial charge on any atom is 0.270 e. The number of nitrogens with one attached hydrogen (secondary N) is 1. The van der Waals surface area contributed by atoms with Gasteiger partial charge < -0.3 is 14.2 Å². The van der Waals surface area contributed by atoms with Crippen molar-refractivity contribution in [1.29, 1.82) is 0 Å². The summed E-state index contributed by atoms with van der Waals surface area (Å²) in [7, 11) is 4.56. The summed E-state index contributed by atoms with van der Waals surface area (Å²) in [6.45, 7) is 0. The second-order valence-electron chi connectivity index (χ2n) is 5.23. The lowest BCUT2D eigenvalue weighted by molar-refractivity contribution is -0.384. The Hall–Kier alpha value is -3.62. The molecular weight excluding hydrogens is 340 g/mol. The Labute approximate surface area is 148 Å². The first kappa shape index (κ1) is 17.2. The largest absolute Gasteiger partial charge is 0.493 e. The van der Waals surface area contributed by atoms with Crippen molar-refractivity contribution in [3.8, 4) is 40.0 Å². The Kier molecular flexibility index (Phi) is 4.70. The summed E-state index contributed by atoms with van der Waals surface area (Å²) in [5.41, 5.74) is 1.19. The fourth-order valence-corrected chi connectivity index (χ4v) is 2.50. The molecule has 0 aliphatic carbocycles. The minimum Gasteiger partial charge on any atom is -0.493 e. The van der Waals surface area contributed by atoms with E-state index in [4.69, 9.17) is 14.2 Å². The fourth-order valence-electron chi connectivity index (χ4n) is 2.50. The second kappa shape index (κ2) is 7.09. The predicted molar refractivity (Wildman–Crippen MR) is 93.6 cm³/mol. The third-order valence-corrected chi connectivity index (χ3v) is 3.74. The summed E-state index contributed by atoms with van der Waals surface area (Å²) in [5.74, 6) is 2.23. The SMILES string of the molecule is COc1cc(-c2n[nH]c(-c3cccc([N+](=O)[O-])c3)n2)cc(OC)c1OC. The highest BCUT2D eigenvalue weighted by Crippen LogP contribution is 2.40. The molecule has 0 aliphatic rings. The Morgan fingerprint density at radius 2 is 1.69 bits per heavy atom. The molecule has 1 aromatic heterocycles. The van der Waals surface area contributed by atoms with Crippen molar-refractivity contribution in [3.05, 3.63) is 46.5 Å². The molecule has 9 heteroatoms. The van der Waals surface area contributed by atoms with E-state index >= 15 is 0 Å². The predicted octanol–water partition coefficient (Wildman–Crippen LogP) is 3.07. The lowest BCUT2D eigenvalue weighted by atomic mass is 10.1. The van der Waals surface area contributed by atoms with E-state index in [-0.39, 0.29) is 5.69 Å². The van der Waals surface area contributed by atoms with Crippen LogP contribution in [-0.2, 0) is 0 Å². The Balaban J connectivity index is 2.02. The number of nitrogens with zero attached hydrogens (tertiary/aromatic N) is 3. The molecule has 0 radical (unpaired) electrons. The number of nitro benzene ring substituents is 1. The summed E-state index contributed by atoms with van der Waals surface area (Å²) < 4.78 is 16.0. The number of hydrogen-bond acceptors (Lipinski definition) is 7. The quantitative estimate of drug-likeness (QED) is 0.533. The molecule has 3 aromatic rings. The first-order valence-electron chi connectivity index (χ1n) is 7.55. The van der Waals surface area contributed by atoms with Gasteiger partial charge in [-0.05, 0) is 12.1 Å². The molecule has 0 atom stereocenters. The zero-order chi connectivity index (χ0) is 18.7. The molecule has 0 unspecified atom stereocenters. The van der Waals surface area contributed by atoms with Gasteiger partial charge in [-0.1, -0.05) is 12.1 Å². The highest BCUT2D eigenvalue weighted by Gasteiger charge is 2.17. The molecule has 0 aliphatic heterocycles. The first-order valence-corrected chi connectivity index (χ1v) is 7.55. The van der Waals surface area contributed by atoms with E-state index < -0.39 is 4.92 Å². The van der Waals surface area contributed by atoms with Gasteiger partial charge in [-0.15, -0.1) is 0 Å². The topological polar surface area (TPSA) is 112 Å². The number of H-pyrrole nitrogens is 1. The van der Waals surface area contributed by atoms with Crippen molar-refractivity contribution in [3.63, 3.8) is 0 Å². The van der Waals surface area contributed by atoms with Crippen LogP contribution in [0.5, 0.6) is 17.2 Å². The highest BCUT2D eigenvalue weighted by molar-refractivity contribution is 5.68. The van der Waals surface area contributed by atoms with Gasteiger partial charge in [0.2, 0.25) is 5.75 Å². The average Bonchev–Trinajstić information content (AvgIpc) is 3.17. The van der Waals surface area contributed by atoms with Crippen LogP contribution in [0.15, 0.2) is 36.4 Å². The number of nitro groups is 1. The summed E-state index contributed by atoms with van der Waals surface area (Å²) in [6.07, 6.45) is 0. The van der Waals surface area contributed by atoms with Crippen LogP contribution >= 0.6 is 0 Å². The third kappa shape index (κ3) is 3.14. The van der Waals surface area contributed by atoms with Crippen molar-refractivity contribution >= 4 is 5.69 Å². The molecule has 0 saturated heterocycles. The van der Waals surface area contributed by atoms with Gasteiger partial charge in [0, 0.05) is 23.3 Å². The van der Waals surface area contributed by atoms with E-state index in [1.54, 1.807) is 24.3 Å². The normalized spacial score (nSPS) is 10.4. The van der Waals surface area contributed by atoms with E-state index in [2.05, 4.69) is 15.2 Å². The fraction of sp³-hybridized carbons (Fsp3) is 0.176. The van der Waals surface area contributed by atoms with Crippen LogP contribution < -0.4 is 14.2 Å². The summed E-state index contributed by atoms with van der Waals surface area (Å²) in [5, 5.41) is 17.9. The Morgan fingerprint density at radius 1 is 1.00 bits per heavy atom. The molecule has 26 heavy (non-hydrogen) atoms. The molecule has 0 amide bonds. The number of non-ortho nitro benzene ring substituents is 1. The van der Waals surface area contributed by atoms with E-state index in [0.717, 1.165) is 0 Å². The number of hydrogen-bond donors (Lipinski definition) is 1. The van der Waals surface area contributed by atoms with Gasteiger partial charge in [0.05, 0.1) is 26.3 Å². The Morgan fingerprint density at radius 3 is 2.27 bits per heavy atom. The van der Waals surface area contributed by atoms with E-state index in [1.807, 2.05) is 0 Å². The number of methoxy groups -OCH3 is 3. The third-order valence-electron chi connectivity index (χ3n) is 3.74. The van der Waals surface area contributed by atoms with Crippen LogP contribution in [0.3, 0.4) is 0 Å². The molecule has 0 saturated carbocycles. The van der Waals surface area contributed by atoms with E-state index in [9.17, 15) is 10.1 Å². The molecule has 0 spiro atoms. The number of ether oxygens (including phenoxy) is 3. The zero-order valence-electron chi connectivity index (χ0n) is 14.3. The summed E-state index contributed by atoms with van der Waals surface area (Å²) in [4.78, 5) is 14.9. The van der Waals surface area contributed by atoms with Gasteiger partial charge >= 0.3 is 0 Å². The van der Waals surface area contributed by atoms with E-state index in [1.165, 1.54) is 33.5 Å². The summed E-state index contributed by atoms with van der Waals surface area (Å²) in [6, 6.07) is 9.60. The second-order valence-corrected chi connectivity index (χ2v) is 5.23. The standard InChI is InChI=1S/C17H16N4O5/c1-24-13-8-11(9-14(25-2)15(13)26-3)17-18-16(19-20-17)10-5-4-6-12(7-10)21(22)23/h4-9H,1-3H3,(H,18,19,20). The van der Waals surface area contributed by atoms with Crippen LogP contribution in [0.4, 0.5) is 5.69 Å². The monoisotopic (exact) mass is 356 g/mol. The van der Waals surface area contributed by atoms with Crippen molar-refractivity contribution in [2.75, 3.05) is 21.3 Å². The van der Waals surface area contributed by atoms with Gasteiger partial charge in [0.25, 0.3) is 5.69 Å². The van der Waals surface area contributed by atoms with Gasteiger partial charge in [0.1, 0.15) is 0 Å². The lowest BCUT2D eigenvalue weighted by Gasteiger charge is -2.12. The molecule has 2 aromatic carbocycles. The molecule has 0 bridgehead atoms.